The topological polar surface area (TPSA) is 121 Å². The van der Waals surface area contributed by atoms with E-state index < -0.39 is 34.6 Å². The lowest BCUT2D eigenvalue weighted by Crippen LogP contribution is -2.49. The van der Waals surface area contributed by atoms with Gasteiger partial charge in [0.25, 0.3) is 5.56 Å². The van der Waals surface area contributed by atoms with Crippen LogP contribution in [-0.2, 0) is 22.6 Å². The van der Waals surface area contributed by atoms with Crippen LogP contribution in [0.4, 0.5) is 0 Å². The number of aromatic nitrogens is 2. The number of aryl methyl sites for hydroxylation is 1. The first-order valence-corrected chi connectivity index (χ1v) is 6.92. The van der Waals surface area contributed by atoms with Crippen molar-refractivity contribution in [2.75, 3.05) is 0 Å². The maximum absolute atomic E-state index is 11.9. The van der Waals surface area contributed by atoms with E-state index >= 15 is 0 Å². The quantitative estimate of drug-likeness (QED) is 0.690. The van der Waals surface area contributed by atoms with E-state index in [1.165, 1.54) is 6.20 Å². The molecule has 1 atom stereocenters. The Hall–Kier alpha value is -2.38. The Morgan fingerprint density at radius 3 is 2.41 bits per heavy atom. The van der Waals surface area contributed by atoms with Crippen LogP contribution < -0.4 is 16.6 Å². The molecule has 0 radical (unpaired) electrons. The fourth-order valence-electron chi connectivity index (χ4n) is 1.70. The summed E-state index contributed by atoms with van der Waals surface area (Å²) in [6, 6.07) is -1.26. The number of carbonyl (C=O) groups excluding carboxylic acids is 1. The first-order valence-electron chi connectivity index (χ1n) is 6.92. The number of nitrogens with one attached hydrogen (secondary N) is 2. The van der Waals surface area contributed by atoms with Crippen molar-refractivity contribution >= 4 is 11.9 Å². The molecule has 1 aromatic heterocycles. The van der Waals surface area contributed by atoms with Crippen LogP contribution in [0.25, 0.3) is 0 Å². The predicted octanol–water partition coefficient (Wildman–Crippen LogP) is -0.285. The number of carboxylic acids is 1. The van der Waals surface area contributed by atoms with Crippen molar-refractivity contribution in [1.29, 1.82) is 0 Å². The number of rotatable bonds is 5. The third-order valence-electron chi connectivity index (χ3n) is 3.13. The number of aromatic amines is 1. The summed E-state index contributed by atoms with van der Waals surface area (Å²) in [5.41, 5.74) is -1.59. The number of carbonyl (C=O) groups is 2. The Morgan fingerprint density at radius 2 is 1.95 bits per heavy atom. The average molecular weight is 311 g/mol. The van der Waals surface area contributed by atoms with Crippen LogP contribution in [0, 0.1) is 5.41 Å². The van der Waals surface area contributed by atoms with Crippen molar-refractivity contribution in [2.45, 2.75) is 46.7 Å². The zero-order valence-corrected chi connectivity index (χ0v) is 13.1. The number of carboxylic acid groups (broad SMARTS) is 1. The molecule has 1 heterocycles. The van der Waals surface area contributed by atoms with Gasteiger partial charge in [0.2, 0.25) is 5.91 Å². The number of H-pyrrole nitrogens is 1. The minimum Gasteiger partial charge on any atom is -0.480 e. The molecule has 1 unspecified atom stereocenters. The summed E-state index contributed by atoms with van der Waals surface area (Å²) in [5, 5.41) is 11.6. The average Bonchev–Trinajstić information content (AvgIpc) is 2.39. The maximum Gasteiger partial charge on any atom is 0.328 e. The summed E-state index contributed by atoms with van der Waals surface area (Å²) in [7, 11) is 0. The molecule has 0 spiro atoms. The zero-order valence-electron chi connectivity index (χ0n) is 13.1. The minimum atomic E-state index is -1.26. The van der Waals surface area contributed by atoms with Crippen LogP contribution in [0.2, 0.25) is 0 Å². The number of nitrogens with zero attached hydrogens (tertiary/aromatic N) is 1. The Bertz CT molecular complexity index is 681. The predicted molar refractivity (Wildman–Crippen MR) is 79.7 cm³/mol. The molecular formula is C14H21N3O5. The van der Waals surface area contributed by atoms with Gasteiger partial charge in [0, 0.05) is 17.2 Å². The van der Waals surface area contributed by atoms with Crippen LogP contribution in [0.1, 0.15) is 33.3 Å². The van der Waals surface area contributed by atoms with Gasteiger partial charge in [-0.15, -0.1) is 0 Å². The molecule has 0 saturated carbocycles. The first-order chi connectivity index (χ1) is 10.1. The highest BCUT2D eigenvalue weighted by atomic mass is 16.4. The summed E-state index contributed by atoms with van der Waals surface area (Å²) in [5.74, 6) is -1.69. The molecule has 0 aliphatic carbocycles. The molecule has 1 aromatic rings. The van der Waals surface area contributed by atoms with E-state index in [0.29, 0.717) is 12.0 Å². The monoisotopic (exact) mass is 311 g/mol. The van der Waals surface area contributed by atoms with Crippen molar-refractivity contribution < 1.29 is 14.7 Å². The molecule has 0 saturated heterocycles. The molecule has 0 fully saturated rings. The van der Waals surface area contributed by atoms with Gasteiger partial charge in [-0.2, -0.15) is 0 Å². The maximum atomic E-state index is 11.9. The smallest absolute Gasteiger partial charge is 0.328 e. The van der Waals surface area contributed by atoms with E-state index in [1.54, 1.807) is 27.7 Å². The molecule has 0 aromatic carbocycles. The van der Waals surface area contributed by atoms with Gasteiger partial charge in [0.15, 0.2) is 0 Å². The van der Waals surface area contributed by atoms with E-state index in [1.807, 2.05) is 0 Å². The summed E-state index contributed by atoms with van der Waals surface area (Å²) < 4.78 is 1.09. The number of aliphatic carboxylic acids is 1. The van der Waals surface area contributed by atoms with Gasteiger partial charge in [-0.1, -0.05) is 27.7 Å². The molecule has 1 amide bonds. The SMILES string of the molecule is CCc1cn(CC(NC(=O)C(C)(C)C)C(=O)O)c(=O)[nH]c1=O. The van der Waals surface area contributed by atoms with Gasteiger partial charge in [-0.3, -0.25) is 19.1 Å². The van der Waals surface area contributed by atoms with Gasteiger partial charge < -0.3 is 10.4 Å². The van der Waals surface area contributed by atoms with Crippen LogP contribution >= 0.6 is 0 Å². The summed E-state index contributed by atoms with van der Waals surface area (Å²) in [6.45, 7) is 6.45. The summed E-state index contributed by atoms with van der Waals surface area (Å²) in [4.78, 5) is 48.6. The zero-order chi connectivity index (χ0) is 17.1. The van der Waals surface area contributed by atoms with Gasteiger partial charge in [0.05, 0.1) is 6.54 Å². The van der Waals surface area contributed by atoms with E-state index in [4.69, 9.17) is 0 Å². The highest BCUT2D eigenvalue weighted by molar-refractivity contribution is 5.86. The molecule has 0 aliphatic heterocycles. The number of amides is 1. The molecular weight excluding hydrogens is 290 g/mol. The molecule has 0 bridgehead atoms. The van der Waals surface area contributed by atoms with Crippen molar-refractivity contribution in [2.24, 2.45) is 5.41 Å². The third kappa shape index (κ3) is 4.31. The third-order valence-corrected chi connectivity index (χ3v) is 3.13. The van der Waals surface area contributed by atoms with Gasteiger partial charge in [0.1, 0.15) is 6.04 Å². The van der Waals surface area contributed by atoms with E-state index in [2.05, 4.69) is 10.3 Å². The standard InChI is InChI=1S/C14H21N3O5/c1-5-8-6-17(13(22)16-10(8)18)7-9(11(19)20)15-12(21)14(2,3)4/h6,9H,5,7H2,1-4H3,(H,15,21)(H,19,20)(H,16,18,22). The number of hydrogen-bond acceptors (Lipinski definition) is 4. The molecule has 122 valence electrons. The van der Waals surface area contributed by atoms with Crippen LogP contribution in [0.5, 0.6) is 0 Å². The van der Waals surface area contributed by atoms with Crippen molar-refractivity contribution in [3.8, 4) is 0 Å². The van der Waals surface area contributed by atoms with Crippen molar-refractivity contribution in [3.63, 3.8) is 0 Å². The van der Waals surface area contributed by atoms with Gasteiger partial charge in [-0.05, 0) is 6.42 Å². The molecule has 8 nitrogen and oxygen atoms in total. The second-order valence-corrected chi connectivity index (χ2v) is 6.03. The summed E-state index contributed by atoms with van der Waals surface area (Å²) >= 11 is 0. The lowest BCUT2D eigenvalue weighted by molar-refractivity contribution is -0.143. The Balaban J connectivity index is 3.07. The number of hydrogen-bond donors (Lipinski definition) is 3. The normalized spacial score (nSPS) is 12.7. The Labute approximate surface area is 127 Å². The molecule has 3 N–H and O–H groups in total. The highest BCUT2D eigenvalue weighted by Gasteiger charge is 2.28. The molecule has 22 heavy (non-hydrogen) atoms. The largest absolute Gasteiger partial charge is 0.480 e. The van der Waals surface area contributed by atoms with Gasteiger partial charge >= 0.3 is 11.7 Å². The minimum absolute atomic E-state index is 0.264. The van der Waals surface area contributed by atoms with E-state index in [-0.39, 0.29) is 6.54 Å². The fraction of sp³-hybridized carbons (Fsp3) is 0.571. The van der Waals surface area contributed by atoms with Crippen molar-refractivity contribution in [3.05, 3.63) is 32.6 Å². The lowest BCUT2D eigenvalue weighted by atomic mass is 9.95. The Kier molecular flexibility index (Phi) is 5.29. The second-order valence-electron chi connectivity index (χ2n) is 6.03. The van der Waals surface area contributed by atoms with E-state index in [9.17, 15) is 24.3 Å². The lowest BCUT2D eigenvalue weighted by Gasteiger charge is -2.22. The highest BCUT2D eigenvalue weighted by Crippen LogP contribution is 2.13. The van der Waals surface area contributed by atoms with E-state index in [0.717, 1.165) is 4.57 Å². The molecule has 1 rings (SSSR count). The molecule has 0 aliphatic rings. The van der Waals surface area contributed by atoms with Gasteiger partial charge in [-0.25, -0.2) is 9.59 Å². The molecule has 8 heteroatoms. The summed E-state index contributed by atoms with van der Waals surface area (Å²) in [6.07, 6.45) is 1.72. The fourth-order valence-corrected chi connectivity index (χ4v) is 1.70. The van der Waals surface area contributed by atoms with Crippen molar-refractivity contribution in [1.82, 2.24) is 14.9 Å². The Morgan fingerprint density at radius 1 is 1.36 bits per heavy atom. The second kappa shape index (κ2) is 6.59. The first kappa shape index (κ1) is 17.7. The van der Waals surface area contributed by atoms with Crippen LogP contribution in [0.15, 0.2) is 15.8 Å². The van der Waals surface area contributed by atoms with Crippen LogP contribution in [0.3, 0.4) is 0 Å². The van der Waals surface area contributed by atoms with Crippen LogP contribution in [-0.4, -0.2) is 32.6 Å².